The number of carbonyl (C=O) groups is 6. The number of carboxylic acid groups (broad SMARTS) is 2. The van der Waals surface area contributed by atoms with Crippen LogP contribution in [-0.4, -0.2) is 47.9 Å². The van der Waals surface area contributed by atoms with E-state index in [-0.39, 0.29) is 97.6 Å². The fourth-order valence-corrected chi connectivity index (χ4v) is 2.30. The number of hydrogen-bond donors (Lipinski definition) is 2. The Labute approximate surface area is 256 Å². The van der Waals surface area contributed by atoms with Crippen LogP contribution in [0, 0.1) is 0 Å². The molecule has 4 N–H and O–H groups in total. The number of hydrogen-bond acceptors (Lipinski definition) is 12. The molecule has 14 heteroatoms. The summed E-state index contributed by atoms with van der Waals surface area (Å²) >= 11 is 0. The van der Waals surface area contributed by atoms with Crippen molar-refractivity contribution in [3.8, 4) is 0 Å². The van der Waals surface area contributed by atoms with Gasteiger partial charge < -0.3 is 40.7 Å². The third-order valence-corrected chi connectivity index (χ3v) is 4.32. The number of aliphatic carboxylic acids is 2. The molecule has 0 heterocycles. The molecule has 0 aliphatic carbocycles. The Hall–Kier alpha value is -0.860. The van der Waals surface area contributed by atoms with E-state index in [1.54, 1.807) is 0 Å². The van der Waals surface area contributed by atoms with Crippen LogP contribution >= 0.6 is 0 Å². The molecular weight excluding hydrogens is 498 g/mol. The van der Waals surface area contributed by atoms with E-state index in [0.717, 1.165) is 25.7 Å². The van der Waals surface area contributed by atoms with Crippen LogP contribution in [0.25, 0.3) is 0 Å². The van der Waals surface area contributed by atoms with Gasteiger partial charge in [0.05, 0.1) is 0 Å². The van der Waals surface area contributed by atoms with E-state index in [0.29, 0.717) is 12.8 Å². The van der Waals surface area contributed by atoms with Crippen LogP contribution in [0.1, 0.15) is 90.9 Å². The maximum atomic E-state index is 11.2. The minimum Gasteiger partial charge on any atom is -0.550 e. The summed E-state index contributed by atoms with van der Waals surface area (Å²) in [6.45, 7) is 3.98. The van der Waals surface area contributed by atoms with Crippen LogP contribution in [0.5, 0.6) is 0 Å². The van der Waals surface area contributed by atoms with E-state index < -0.39 is 47.9 Å². The first kappa shape index (κ1) is 42.2. The van der Waals surface area contributed by atoms with Gasteiger partial charge in [-0.15, -0.1) is 0 Å². The summed E-state index contributed by atoms with van der Waals surface area (Å²) in [7, 11) is 0. The molecule has 196 valence electrons. The van der Waals surface area contributed by atoms with Gasteiger partial charge in [0, 0.05) is 24.8 Å². The first-order valence-corrected chi connectivity index (χ1v) is 11.3. The summed E-state index contributed by atoms with van der Waals surface area (Å²) in [5.74, 6) is -5.58. The number of esters is 4. The van der Waals surface area contributed by atoms with Gasteiger partial charge >= 0.3 is 83.0 Å². The van der Waals surface area contributed by atoms with Crippen molar-refractivity contribution in [3.63, 3.8) is 0 Å². The van der Waals surface area contributed by atoms with Crippen LogP contribution < -0.4 is 80.8 Å². The van der Waals surface area contributed by atoms with Crippen LogP contribution in [0.4, 0.5) is 0 Å². The number of ether oxygens (including phenoxy) is 2. The standard InChI is InChI=1S/2C11H19NO5.2Na/c2*1-2-3-4-5-10(15)17-11(16)8(12)6-7-9(13)14;;/h2*8H,2-7,12H2,1H3,(H,13,14);;/q;;2*+1/p-2. The molecule has 0 saturated heterocycles. The molecular formula is C22H36N2Na2O10. The second-order valence-electron chi connectivity index (χ2n) is 7.53. The minimum atomic E-state index is -1.29. The van der Waals surface area contributed by atoms with Gasteiger partial charge in [-0.25, -0.2) is 9.59 Å². The van der Waals surface area contributed by atoms with E-state index in [9.17, 15) is 39.0 Å². The molecule has 0 aromatic carbocycles. The SMILES string of the molecule is CCCCCC(=O)OC(=O)C(N)CCC(=O)[O-].CCCCCC(=O)OC(=O)C(N)CCC(=O)[O-].[Na+].[Na+]. The van der Waals surface area contributed by atoms with Gasteiger partial charge in [-0.1, -0.05) is 39.5 Å². The van der Waals surface area contributed by atoms with Gasteiger partial charge in [-0.05, 0) is 38.5 Å². The van der Waals surface area contributed by atoms with E-state index in [4.69, 9.17) is 11.5 Å². The Morgan fingerprint density at radius 1 is 0.611 bits per heavy atom. The van der Waals surface area contributed by atoms with Crippen molar-refractivity contribution in [2.75, 3.05) is 0 Å². The molecule has 12 nitrogen and oxygen atoms in total. The van der Waals surface area contributed by atoms with Crippen molar-refractivity contribution in [2.45, 2.75) is 103 Å². The van der Waals surface area contributed by atoms with Crippen molar-refractivity contribution in [1.82, 2.24) is 0 Å². The van der Waals surface area contributed by atoms with E-state index >= 15 is 0 Å². The van der Waals surface area contributed by atoms with E-state index in [1.165, 1.54) is 0 Å². The van der Waals surface area contributed by atoms with Crippen LogP contribution in [0.3, 0.4) is 0 Å². The average Bonchev–Trinajstić information content (AvgIpc) is 2.76. The summed E-state index contributed by atoms with van der Waals surface area (Å²) in [5, 5.41) is 20.3. The topological polar surface area (TPSA) is 219 Å². The van der Waals surface area contributed by atoms with Gasteiger partial charge in [0.2, 0.25) is 0 Å². The first-order chi connectivity index (χ1) is 15.9. The van der Waals surface area contributed by atoms with E-state index in [1.807, 2.05) is 13.8 Å². The quantitative estimate of drug-likeness (QED) is 0.0816. The van der Waals surface area contributed by atoms with Gasteiger partial charge in [0.15, 0.2) is 0 Å². The molecule has 0 bridgehead atoms. The van der Waals surface area contributed by atoms with Crippen molar-refractivity contribution in [2.24, 2.45) is 11.5 Å². The number of rotatable bonds is 16. The second kappa shape index (κ2) is 27.2. The Balaban J connectivity index is -0.000000269. The zero-order chi connectivity index (χ0) is 26.5. The van der Waals surface area contributed by atoms with Crippen LogP contribution in [0.15, 0.2) is 0 Å². The summed E-state index contributed by atoms with van der Waals surface area (Å²) < 4.78 is 8.95. The summed E-state index contributed by atoms with van der Waals surface area (Å²) in [6, 6.07) is -2.19. The average molecular weight is 535 g/mol. The fraction of sp³-hybridized carbons (Fsp3) is 0.727. The minimum absolute atomic E-state index is 0. The Bertz CT molecular complexity index is 621. The molecule has 0 aliphatic heterocycles. The molecule has 0 amide bonds. The van der Waals surface area contributed by atoms with Gasteiger partial charge in [0.25, 0.3) is 0 Å². The smallest absolute Gasteiger partial charge is 0.550 e. The van der Waals surface area contributed by atoms with Crippen molar-refractivity contribution in [1.29, 1.82) is 0 Å². The van der Waals surface area contributed by atoms with Gasteiger partial charge in [-0.3, -0.25) is 9.59 Å². The number of unbranched alkanes of at least 4 members (excludes halogenated alkanes) is 4. The molecule has 36 heavy (non-hydrogen) atoms. The molecule has 0 aromatic heterocycles. The van der Waals surface area contributed by atoms with Crippen LogP contribution in [0.2, 0.25) is 0 Å². The molecule has 0 aliphatic rings. The molecule has 0 spiro atoms. The molecule has 0 saturated carbocycles. The predicted octanol–water partition coefficient (Wildman–Crippen LogP) is -7.00. The van der Waals surface area contributed by atoms with Crippen molar-refractivity contribution < 1.29 is 108 Å². The molecule has 2 atom stereocenters. The molecule has 0 aromatic rings. The third kappa shape index (κ3) is 27.7. The Morgan fingerprint density at radius 2 is 0.917 bits per heavy atom. The molecule has 2 unspecified atom stereocenters. The normalized spacial score (nSPS) is 11.2. The monoisotopic (exact) mass is 534 g/mol. The molecule has 0 rings (SSSR count). The molecule has 0 fully saturated rings. The van der Waals surface area contributed by atoms with Crippen LogP contribution in [-0.2, 0) is 38.2 Å². The Morgan fingerprint density at radius 3 is 1.17 bits per heavy atom. The van der Waals surface area contributed by atoms with Gasteiger partial charge in [0.1, 0.15) is 12.1 Å². The summed E-state index contributed by atoms with van der Waals surface area (Å²) in [5.41, 5.74) is 10.7. The van der Waals surface area contributed by atoms with Crippen molar-refractivity contribution in [3.05, 3.63) is 0 Å². The number of carbonyl (C=O) groups excluding carboxylic acids is 6. The second-order valence-corrected chi connectivity index (χ2v) is 7.53. The maximum absolute atomic E-state index is 11.2. The first-order valence-electron chi connectivity index (χ1n) is 11.3. The van der Waals surface area contributed by atoms with Crippen molar-refractivity contribution >= 4 is 35.8 Å². The largest absolute Gasteiger partial charge is 1.00 e. The summed E-state index contributed by atoms with van der Waals surface area (Å²) in [6.07, 6.45) is 4.53. The summed E-state index contributed by atoms with van der Waals surface area (Å²) in [4.78, 5) is 65.0. The Kier molecular flexibility index (Phi) is 31.9. The zero-order valence-electron chi connectivity index (χ0n) is 21.9. The molecule has 0 radical (unpaired) electrons. The fourth-order valence-electron chi connectivity index (χ4n) is 2.30. The predicted molar refractivity (Wildman–Crippen MR) is 115 cm³/mol. The third-order valence-electron chi connectivity index (χ3n) is 4.32. The number of carboxylic acids is 2. The van der Waals surface area contributed by atoms with Gasteiger partial charge in [-0.2, -0.15) is 0 Å². The zero-order valence-corrected chi connectivity index (χ0v) is 25.9. The number of nitrogens with two attached hydrogens (primary N) is 2. The maximum Gasteiger partial charge on any atom is 1.00 e. The van der Waals surface area contributed by atoms with E-state index in [2.05, 4.69) is 9.47 Å².